The maximum absolute atomic E-state index is 13.6. The molecule has 1 aromatic heterocycles. The molecule has 0 saturated carbocycles. The number of hydrogen-bond acceptors (Lipinski definition) is 2. The summed E-state index contributed by atoms with van der Waals surface area (Å²) >= 11 is 0. The zero-order chi connectivity index (χ0) is 25.1. The third kappa shape index (κ3) is 5.26. The van der Waals surface area contributed by atoms with E-state index in [9.17, 15) is 9.18 Å². The molecule has 2 heterocycles. The molecule has 36 heavy (non-hydrogen) atoms. The van der Waals surface area contributed by atoms with Gasteiger partial charge in [0.2, 0.25) is 0 Å². The first kappa shape index (κ1) is 24.0. The summed E-state index contributed by atoms with van der Waals surface area (Å²) < 4.78 is 15.7. The van der Waals surface area contributed by atoms with E-state index in [4.69, 9.17) is 0 Å². The smallest absolute Gasteiger partial charge is 0.253 e. The van der Waals surface area contributed by atoms with Gasteiger partial charge in [-0.1, -0.05) is 48.0 Å². The van der Waals surface area contributed by atoms with Crippen LogP contribution in [-0.4, -0.2) is 34.5 Å². The van der Waals surface area contributed by atoms with Gasteiger partial charge in [0.05, 0.1) is 11.3 Å². The molecule has 0 bridgehead atoms. The molecular weight excluding hydrogens is 449 g/mol. The first-order chi connectivity index (χ1) is 17.5. The zero-order valence-corrected chi connectivity index (χ0v) is 20.9. The minimum atomic E-state index is -0.277. The van der Waals surface area contributed by atoms with E-state index in [1.165, 1.54) is 23.3 Å². The van der Waals surface area contributed by atoms with Crippen LogP contribution in [0.2, 0.25) is 0 Å². The van der Waals surface area contributed by atoms with E-state index in [0.29, 0.717) is 5.56 Å². The minimum Gasteiger partial charge on any atom is -0.349 e. The molecule has 1 aliphatic heterocycles. The summed E-state index contributed by atoms with van der Waals surface area (Å²) in [6.07, 6.45) is 1.86. The van der Waals surface area contributed by atoms with Gasteiger partial charge < -0.3 is 9.88 Å². The van der Waals surface area contributed by atoms with Crippen molar-refractivity contribution in [1.82, 2.24) is 14.8 Å². The van der Waals surface area contributed by atoms with Gasteiger partial charge in [-0.15, -0.1) is 0 Å². The molecule has 0 atom stereocenters. The Kier molecular flexibility index (Phi) is 7.01. The van der Waals surface area contributed by atoms with E-state index in [1.54, 1.807) is 12.1 Å². The number of rotatable bonds is 6. The molecule has 1 fully saturated rings. The highest BCUT2D eigenvalue weighted by Gasteiger charge is 2.24. The molecule has 0 spiro atoms. The van der Waals surface area contributed by atoms with Gasteiger partial charge >= 0.3 is 0 Å². The maximum Gasteiger partial charge on any atom is 0.253 e. The molecule has 3 aromatic carbocycles. The van der Waals surface area contributed by atoms with Crippen molar-refractivity contribution in [2.75, 3.05) is 13.1 Å². The molecule has 1 N–H and O–H groups in total. The van der Waals surface area contributed by atoms with E-state index < -0.39 is 0 Å². The van der Waals surface area contributed by atoms with Crippen molar-refractivity contribution in [2.24, 2.45) is 0 Å². The summed E-state index contributed by atoms with van der Waals surface area (Å²) in [7, 11) is 0. The number of carbonyl (C=O) groups excluding carboxylic acids is 1. The van der Waals surface area contributed by atoms with Crippen molar-refractivity contribution in [3.8, 4) is 16.9 Å². The van der Waals surface area contributed by atoms with Crippen LogP contribution < -0.4 is 5.32 Å². The quantitative estimate of drug-likeness (QED) is 0.351. The molecule has 1 amide bonds. The lowest BCUT2D eigenvalue weighted by molar-refractivity contribution is 0.0908. The van der Waals surface area contributed by atoms with E-state index >= 15 is 0 Å². The van der Waals surface area contributed by atoms with Crippen LogP contribution in [0.4, 0.5) is 4.39 Å². The SMILES string of the molecule is Cc1ccc(-n2c(-c3ccc(F)cc3)cc(C(=O)NC3CCN(Cc4ccccc4)CC3)c2C)cc1. The Morgan fingerprint density at radius 3 is 2.25 bits per heavy atom. The lowest BCUT2D eigenvalue weighted by atomic mass is 10.0. The molecular formula is C31H32FN3O. The third-order valence-electron chi connectivity index (χ3n) is 7.10. The summed E-state index contributed by atoms with van der Waals surface area (Å²) in [6, 6.07) is 27.3. The number of likely N-dealkylation sites (tertiary alicyclic amines) is 1. The second kappa shape index (κ2) is 10.5. The van der Waals surface area contributed by atoms with Crippen molar-refractivity contribution in [3.05, 3.63) is 113 Å². The molecule has 4 aromatic rings. The third-order valence-corrected chi connectivity index (χ3v) is 7.10. The number of hydrogen-bond donors (Lipinski definition) is 1. The highest BCUT2D eigenvalue weighted by molar-refractivity contribution is 5.97. The van der Waals surface area contributed by atoms with Crippen LogP contribution in [0.3, 0.4) is 0 Å². The highest BCUT2D eigenvalue weighted by Crippen LogP contribution is 2.30. The molecule has 0 unspecified atom stereocenters. The summed E-state index contributed by atoms with van der Waals surface area (Å²) in [4.78, 5) is 15.9. The van der Waals surface area contributed by atoms with Gasteiger partial charge in [0.15, 0.2) is 0 Å². The zero-order valence-electron chi connectivity index (χ0n) is 20.9. The number of halogens is 1. The van der Waals surface area contributed by atoms with Crippen LogP contribution >= 0.6 is 0 Å². The van der Waals surface area contributed by atoms with Crippen molar-refractivity contribution in [2.45, 2.75) is 39.3 Å². The Balaban J connectivity index is 1.34. The number of nitrogens with one attached hydrogen (secondary N) is 1. The number of carbonyl (C=O) groups is 1. The minimum absolute atomic E-state index is 0.0526. The number of benzene rings is 3. The second-order valence-electron chi connectivity index (χ2n) is 9.72. The molecule has 0 radical (unpaired) electrons. The summed E-state index contributed by atoms with van der Waals surface area (Å²) in [6.45, 7) is 6.90. The Bertz CT molecular complexity index is 1320. The Morgan fingerprint density at radius 2 is 1.58 bits per heavy atom. The first-order valence-corrected chi connectivity index (χ1v) is 12.6. The van der Waals surface area contributed by atoms with E-state index in [1.807, 2.05) is 19.1 Å². The molecule has 184 valence electrons. The predicted molar refractivity (Wildman–Crippen MR) is 143 cm³/mol. The molecule has 4 nitrogen and oxygen atoms in total. The number of aromatic nitrogens is 1. The first-order valence-electron chi connectivity index (χ1n) is 12.6. The fourth-order valence-corrected chi connectivity index (χ4v) is 5.04. The van der Waals surface area contributed by atoms with Crippen molar-refractivity contribution in [1.29, 1.82) is 0 Å². The molecule has 5 heteroatoms. The summed E-state index contributed by atoms with van der Waals surface area (Å²) in [5, 5.41) is 3.28. The summed E-state index contributed by atoms with van der Waals surface area (Å²) in [5.41, 5.74) is 6.74. The summed E-state index contributed by atoms with van der Waals surface area (Å²) in [5.74, 6) is -0.330. The van der Waals surface area contributed by atoms with Gasteiger partial charge in [0.1, 0.15) is 5.82 Å². The average Bonchev–Trinajstić information content (AvgIpc) is 3.24. The van der Waals surface area contributed by atoms with Gasteiger partial charge in [0.25, 0.3) is 5.91 Å². The highest BCUT2D eigenvalue weighted by atomic mass is 19.1. The monoisotopic (exact) mass is 481 g/mol. The number of aryl methyl sites for hydroxylation is 1. The standard InChI is InChI=1S/C31H32FN3O/c1-22-8-14-28(15-9-22)35-23(2)29(20-30(35)25-10-12-26(32)13-11-25)31(36)33-27-16-18-34(19-17-27)21-24-6-4-3-5-7-24/h3-15,20,27H,16-19,21H2,1-2H3,(H,33,36). The van der Waals surface area contributed by atoms with Gasteiger partial charge in [-0.2, -0.15) is 0 Å². The molecule has 1 saturated heterocycles. The van der Waals surface area contributed by atoms with Crippen LogP contribution in [0.15, 0.2) is 84.9 Å². The van der Waals surface area contributed by atoms with Crippen LogP contribution in [-0.2, 0) is 6.54 Å². The van der Waals surface area contributed by atoms with E-state index in [-0.39, 0.29) is 17.8 Å². The van der Waals surface area contributed by atoms with Crippen LogP contribution in [0.25, 0.3) is 16.9 Å². The van der Waals surface area contributed by atoms with Crippen LogP contribution in [0.5, 0.6) is 0 Å². The lowest BCUT2D eigenvalue weighted by Crippen LogP contribution is -2.44. The predicted octanol–water partition coefficient (Wildman–Crippen LogP) is 6.29. The van der Waals surface area contributed by atoms with Crippen molar-refractivity contribution in [3.63, 3.8) is 0 Å². The number of nitrogens with zero attached hydrogens (tertiary/aromatic N) is 2. The molecule has 1 aliphatic rings. The lowest BCUT2D eigenvalue weighted by Gasteiger charge is -2.32. The fraction of sp³-hybridized carbons (Fsp3) is 0.258. The van der Waals surface area contributed by atoms with Gasteiger partial charge in [-0.25, -0.2) is 4.39 Å². The second-order valence-corrected chi connectivity index (χ2v) is 9.72. The van der Waals surface area contributed by atoms with E-state index in [0.717, 1.165) is 55.1 Å². The van der Waals surface area contributed by atoms with E-state index in [2.05, 4.69) is 70.2 Å². The van der Waals surface area contributed by atoms with Gasteiger partial charge in [-0.05, 0) is 80.3 Å². The average molecular weight is 482 g/mol. The largest absolute Gasteiger partial charge is 0.349 e. The Morgan fingerprint density at radius 1 is 0.917 bits per heavy atom. The molecule has 5 rings (SSSR count). The van der Waals surface area contributed by atoms with Crippen LogP contribution in [0, 0.1) is 19.7 Å². The Hall–Kier alpha value is -3.70. The fourth-order valence-electron chi connectivity index (χ4n) is 5.04. The van der Waals surface area contributed by atoms with Gasteiger partial charge in [-0.3, -0.25) is 9.69 Å². The van der Waals surface area contributed by atoms with Crippen LogP contribution in [0.1, 0.15) is 40.0 Å². The van der Waals surface area contributed by atoms with Crippen molar-refractivity contribution >= 4 is 5.91 Å². The number of piperidine rings is 1. The Labute approximate surface area is 212 Å². The molecule has 0 aliphatic carbocycles. The van der Waals surface area contributed by atoms with Crippen molar-refractivity contribution < 1.29 is 9.18 Å². The van der Waals surface area contributed by atoms with Gasteiger partial charge in [0, 0.05) is 37.1 Å². The topological polar surface area (TPSA) is 37.3 Å². The number of amides is 1. The normalized spacial score (nSPS) is 14.6. The maximum atomic E-state index is 13.6.